The van der Waals surface area contributed by atoms with Crippen molar-refractivity contribution in [2.75, 3.05) is 0 Å². The molecule has 0 bridgehead atoms. The second kappa shape index (κ2) is 32.0. The molecule has 0 heterocycles. The van der Waals surface area contributed by atoms with Crippen LogP contribution in [0.25, 0.3) is 5.57 Å². The summed E-state index contributed by atoms with van der Waals surface area (Å²) in [4.78, 5) is 9.81. The lowest BCUT2D eigenvalue weighted by Gasteiger charge is -2.20. The maximum atomic E-state index is 12.9. The third-order valence-corrected chi connectivity index (χ3v) is 5.88. The van der Waals surface area contributed by atoms with Gasteiger partial charge in [0, 0.05) is 17.0 Å². The predicted molar refractivity (Wildman–Crippen MR) is 198 cm³/mol. The number of halogens is 3. The number of ketones is 1. The van der Waals surface area contributed by atoms with Gasteiger partial charge in [-0.15, -0.1) is 6.42 Å². The molecule has 0 fully saturated rings. The summed E-state index contributed by atoms with van der Waals surface area (Å²) in [6, 6.07) is 4.62. The maximum Gasteiger partial charge on any atom is 0.387 e. The minimum Gasteiger partial charge on any atom is -0.434 e. The van der Waals surface area contributed by atoms with Gasteiger partial charge in [-0.05, 0) is 99.6 Å². The number of carbonyl (C=O) groups is 1. The number of hydrogen-bond donors (Lipinski definition) is 0. The highest BCUT2D eigenvalue weighted by Crippen LogP contribution is 2.38. The molecule has 252 valence electrons. The van der Waals surface area contributed by atoms with Gasteiger partial charge in [0.15, 0.2) is 0 Å². The lowest BCUT2D eigenvalue weighted by atomic mass is 9.86. The standard InChI is InChI=1S/C25H27ClF2O.C5H6.C4H8O.3C2H6/c1-6-18-10-8-9-11-19(21(7-2)16(3)4)14-22(18)17(5)23-15-20(26)12-13-24(23)29-25(27)28;1-3-5-4-2;1-3-4(2)5;3*1-2/h7,9,11-15,25H,2,5-6,8,10H2,1,3-4H3;1,4-5H,2H3;3H2,1-2H3;3*1-2H3/b11-9?,19-14+,22-18+;5-4-;;;;. The molecule has 1 aliphatic carbocycles. The van der Waals surface area contributed by atoms with Crippen molar-refractivity contribution in [3.8, 4) is 18.1 Å². The second-order valence-corrected chi connectivity index (χ2v) is 9.19. The van der Waals surface area contributed by atoms with Crippen LogP contribution in [0.1, 0.15) is 114 Å². The Morgan fingerprint density at radius 2 is 1.67 bits per heavy atom. The SMILES string of the molecule is C#C/C=C\C.C=CC(=C(C)C)/C1=C/C(C(=C)c2cc(Cl)ccc2OC(F)F)=C(/CC)CCC=C1.CC.CC.CC.CCC(C)=O. The summed E-state index contributed by atoms with van der Waals surface area (Å²) < 4.78 is 30.6. The quantitative estimate of drug-likeness (QED) is 0.208. The number of terminal acetylenes is 1. The minimum absolute atomic E-state index is 0.0658. The topological polar surface area (TPSA) is 26.3 Å². The molecule has 0 spiro atoms. The second-order valence-electron chi connectivity index (χ2n) is 8.75. The van der Waals surface area contributed by atoms with E-state index < -0.39 is 6.61 Å². The highest BCUT2D eigenvalue weighted by molar-refractivity contribution is 6.30. The minimum atomic E-state index is -2.92. The summed E-state index contributed by atoms with van der Waals surface area (Å²) >= 11 is 6.16. The number of allylic oxidation sites excluding steroid dienone is 12. The third kappa shape index (κ3) is 21.8. The van der Waals surface area contributed by atoms with Crippen molar-refractivity contribution in [1.82, 2.24) is 0 Å². The summed E-state index contributed by atoms with van der Waals surface area (Å²) in [5.74, 6) is 2.66. The number of hydrogen-bond acceptors (Lipinski definition) is 2. The first-order valence-electron chi connectivity index (χ1n) is 15.9. The van der Waals surface area contributed by atoms with Crippen molar-refractivity contribution in [2.24, 2.45) is 0 Å². The van der Waals surface area contributed by atoms with E-state index in [4.69, 9.17) is 22.8 Å². The largest absolute Gasteiger partial charge is 0.434 e. The smallest absolute Gasteiger partial charge is 0.387 e. The van der Waals surface area contributed by atoms with Crippen LogP contribution in [0.5, 0.6) is 5.75 Å². The van der Waals surface area contributed by atoms with Crippen molar-refractivity contribution in [2.45, 2.75) is 115 Å². The van der Waals surface area contributed by atoms with Gasteiger partial charge in [0.1, 0.15) is 11.5 Å². The zero-order valence-corrected chi connectivity index (χ0v) is 30.8. The maximum absolute atomic E-state index is 12.9. The van der Waals surface area contributed by atoms with Crippen LogP contribution in [0.3, 0.4) is 0 Å². The van der Waals surface area contributed by atoms with Gasteiger partial charge in [-0.3, -0.25) is 0 Å². The molecule has 1 aromatic carbocycles. The lowest BCUT2D eigenvalue weighted by Crippen LogP contribution is -2.05. The highest BCUT2D eigenvalue weighted by Gasteiger charge is 2.18. The summed E-state index contributed by atoms with van der Waals surface area (Å²) in [6.45, 7) is 28.7. The Bertz CT molecular complexity index is 1190. The van der Waals surface area contributed by atoms with Crippen LogP contribution in [0.4, 0.5) is 8.78 Å². The average molecular weight is 645 g/mol. The van der Waals surface area contributed by atoms with Gasteiger partial charge in [-0.25, -0.2) is 0 Å². The van der Waals surface area contributed by atoms with E-state index in [1.165, 1.54) is 17.7 Å². The van der Waals surface area contributed by atoms with Gasteiger partial charge in [-0.2, -0.15) is 8.78 Å². The summed E-state index contributed by atoms with van der Waals surface area (Å²) in [5.41, 5.74) is 6.41. The van der Waals surface area contributed by atoms with Gasteiger partial charge in [0.25, 0.3) is 0 Å². The fraction of sp³-hybridized carbons (Fsp3) is 0.425. The van der Waals surface area contributed by atoms with Crippen LogP contribution in [0, 0.1) is 12.3 Å². The first-order valence-corrected chi connectivity index (χ1v) is 16.3. The molecule has 45 heavy (non-hydrogen) atoms. The van der Waals surface area contributed by atoms with Crippen LogP contribution >= 0.6 is 11.6 Å². The van der Waals surface area contributed by atoms with Gasteiger partial charge in [0.05, 0.1) is 0 Å². The number of rotatable bonds is 8. The third-order valence-electron chi connectivity index (χ3n) is 5.64. The Balaban J connectivity index is -0.000000440. The highest BCUT2D eigenvalue weighted by atomic mass is 35.5. The summed E-state index contributed by atoms with van der Waals surface area (Å²) in [5, 5.41) is 0.437. The van der Waals surface area contributed by atoms with E-state index in [2.05, 4.69) is 44.2 Å². The van der Waals surface area contributed by atoms with Gasteiger partial charge in [0.2, 0.25) is 0 Å². The first kappa shape index (κ1) is 48.5. The molecule has 0 saturated carbocycles. The Kier molecular flexibility index (Phi) is 34.5. The molecule has 1 aromatic rings. The van der Waals surface area contributed by atoms with E-state index in [1.54, 1.807) is 19.1 Å². The number of ether oxygens (including phenoxy) is 1. The molecule has 2 rings (SSSR count). The molecule has 0 aromatic heterocycles. The molecule has 2 nitrogen and oxygen atoms in total. The number of carbonyl (C=O) groups excluding carboxylic acids is 1. The Morgan fingerprint density at radius 1 is 1.11 bits per heavy atom. The molecular formula is C40H59ClF2O2. The molecule has 0 radical (unpaired) electrons. The van der Waals surface area contributed by atoms with Crippen molar-refractivity contribution in [1.29, 1.82) is 0 Å². The molecule has 0 atom stereocenters. The van der Waals surface area contributed by atoms with Crippen molar-refractivity contribution >= 4 is 23.0 Å². The summed E-state index contributed by atoms with van der Waals surface area (Å²) in [6.07, 6.45) is 19.7. The van der Waals surface area contributed by atoms with Crippen LogP contribution in [0.15, 0.2) is 95.7 Å². The fourth-order valence-electron chi connectivity index (χ4n) is 3.53. The number of Topliss-reactive ketones (excluding diaryl/α,β-unsaturated/α-hetero) is 1. The van der Waals surface area contributed by atoms with Crippen molar-refractivity contribution in [3.63, 3.8) is 0 Å². The molecule has 0 saturated heterocycles. The molecule has 5 heteroatoms. The first-order chi connectivity index (χ1) is 21.5. The lowest BCUT2D eigenvalue weighted by molar-refractivity contribution is -0.116. The monoisotopic (exact) mass is 644 g/mol. The average Bonchev–Trinajstić information content (AvgIpc) is 3.02. The summed E-state index contributed by atoms with van der Waals surface area (Å²) in [7, 11) is 0. The van der Waals surface area contributed by atoms with Gasteiger partial charge >= 0.3 is 6.61 Å². The molecule has 0 unspecified atom stereocenters. The van der Waals surface area contributed by atoms with Gasteiger partial charge in [-0.1, -0.05) is 122 Å². The Labute approximate surface area is 280 Å². The van der Waals surface area contributed by atoms with Crippen LogP contribution < -0.4 is 4.74 Å². The van der Waals surface area contributed by atoms with E-state index in [0.717, 1.165) is 41.6 Å². The predicted octanol–water partition coefficient (Wildman–Crippen LogP) is 13.7. The zero-order chi connectivity index (χ0) is 36.0. The molecule has 0 N–H and O–H groups in total. The van der Waals surface area contributed by atoms with Crippen LogP contribution in [0.2, 0.25) is 5.02 Å². The molecular weight excluding hydrogens is 586 g/mol. The zero-order valence-electron chi connectivity index (χ0n) is 30.0. The Hall–Kier alpha value is -3.42. The van der Waals surface area contributed by atoms with E-state index in [-0.39, 0.29) is 11.5 Å². The number of alkyl halides is 2. The van der Waals surface area contributed by atoms with E-state index in [1.807, 2.05) is 81.4 Å². The van der Waals surface area contributed by atoms with Crippen molar-refractivity contribution < 1.29 is 18.3 Å². The van der Waals surface area contributed by atoms with E-state index in [9.17, 15) is 13.6 Å². The normalized spacial score (nSPS) is 14.1. The van der Waals surface area contributed by atoms with E-state index in [0.29, 0.717) is 22.6 Å². The van der Waals surface area contributed by atoms with Crippen LogP contribution in [-0.2, 0) is 4.79 Å². The number of benzene rings is 1. The Morgan fingerprint density at radius 3 is 2.04 bits per heavy atom. The van der Waals surface area contributed by atoms with Crippen LogP contribution in [-0.4, -0.2) is 12.4 Å². The van der Waals surface area contributed by atoms with E-state index >= 15 is 0 Å². The van der Waals surface area contributed by atoms with Gasteiger partial charge < -0.3 is 9.53 Å². The molecule has 0 aliphatic heterocycles. The molecule has 0 amide bonds. The molecule has 1 aliphatic rings. The fourth-order valence-corrected chi connectivity index (χ4v) is 3.70. The van der Waals surface area contributed by atoms with Crippen molar-refractivity contribution in [3.05, 3.63) is 106 Å².